The highest BCUT2D eigenvalue weighted by Crippen LogP contribution is 2.20. The number of aromatic nitrogens is 2. The predicted octanol–water partition coefficient (Wildman–Crippen LogP) is 1.67. The van der Waals surface area contributed by atoms with Gasteiger partial charge in [-0.05, 0) is 37.1 Å². The van der Waals surface area contributed by atoms with Gasteiger partial charge in [-0.2, -0.15) is 0 Å². The molecule has 3 rings (SSSR count). The van der Waals surface area contributed by atoms with Crippen molar-refractivity contribution < 1.29 is 14.3 Å². The summed E-state index contributed by atoms with van der Waals surface area (Å²) in [5.41, 5.74) is 0.192. The number of nitrogens with zero attached hydrogens (tertiary/aromatic N) is 3. The van der Waals surface area contributed by atoms with Crippen LogP contribution in [0.25, 0.3) is 5.69 Å². The third-order valence-corrected chi connectivity index (χ3v) is 4.00. The molecule has 1 aliphatic rings. The molecule has 0 spiro atoms. The number of piperidine rings is 1. The molecular formula is C16H16FN3O3. The Labute approximate surface area is 131 Å². The summed E-state index contributed by atoms with van der Waals surface area (Å²) in [6.07, 6.45) is 4.30. The van der Waals surface area contributed by atoms with Gasteiger partial charge in [-0.25, -0.2) is 9.37 Å². The second kappa shape index (κ2) is 6.20. The smallest absolute Gasteiger partial charge is 0.308 e. The van der Waals surface area contributed by atoms with Crippen LogP contribution in [0.5, 0.6) is 0 Å². The molecule has 1 fully saturated rings. The van der Waals surface area contributed by atoms with Crippen LogP contribution in [0, 0.1) is 11.7 Å². The highest BCUT2D eigenvalue weighted by molar-refractivity contribution is 5.71. The molecule has 1 aromatic carbocycles. The van der Waals surface area contributed by atoms with Crippen LogP contribution in [0.15, 0.2) is 41.5 Å². The molecule has 0 saturated carbocycles. The van der Waals surface area contributed by atoms with Crippen molar-refractivity contribution in [2.75, 3.05) is 18.0 Å². The number of carboxylic acid groups (broad SMARTS) is 1. The fourth-order valence-electron chi connectivity index (χ4n) is 2.79. The Morgan fingerprint density at radius 1 is 1.30 bits per heavy atom. The highest BCUT2D eigenvalue weighted by atomic mass is 19.1. The van der Waals surface area contributed by atoms with E-state index in [4.69, 9.17) is 5.11 Å². The summed E-state index contributed by atoms with van der Waals surface area (Å²) in [7, 11) is 0. The van der Waals surface area contributed by atoms with Gasteiger partial charge in [0.2, 0.25) is 0 Å². The van der Waals surface area contributed by atoms with Crippen LogP contribution in [0.4, 0.5) is 10.2 Å². The predicted molar refractivity (Wildman–Crippen MR) is 82.4 cm³/mol. The van der Waals surface area contributed by atoms with E-state index < -0.39 is 11.9 Å². The summed E-state index contributed by atoms with van der Waals surface area (Å²) in [6.45, 7) is 0.866. The zero-order valence-corrected chi connectivity index (χ0v) is 12.4. The van der Waals surface area contributed by atoms with Crippen molar-refractivity contribution >= 4 is 11.8 Å². The van der Waals surface area contributed by atoms with E-state index in [0.29, 0.717) is 25.1 Å². The molecule has 23 heavy (non-hydrogen) atoms. The van der Waals surface area contributed by atoms with Gasteiger partial charge in [0.05, 0.1) is 5.92 Å². The molecule has 1 atom stereocenters. The van der Waals surface area contributed by atoms with Crippen LogP contribution < -0.4 is 10.5 Å². The van der Waals surface area contributed by atoms with Crippen LogP contribution in [0.1, 0.15) is 12.8 Å². The van der Waals surface area contributed by atoms with E-state index in [-0.39, 0.29) is 23.7 Å². The standard InChI is InChI=1S/C16H16FN3O3/c17-12-3-5-13(6-4-12)20-9-7-18-14(15(20)21)19-8-1-2-11(10-19)16(22)23/h3-7,9,11H,1-2,8,10H2,(H,22,23)/t11-/m0/s1. The molecule has 0 aliphatic carbocycles. The lowest BCUT2D eigenvalue weighted by molar-refractivity contribution is -0.141. The van der Waals surface area contributed by atoms with E-state index in [2.05, 4.69) is 4.98 Å². The molecule has 6 nitrogen and oxygen atoms in total. The summed E-state index contributed by atoms with van der Waals surface area (Å²) >= 11 is 0. The first-order valence-corrected chi connectivity index (χ1v) is 7.37. The van der Waals surface area contributed by atoms with Crippen molar-refractivity contribution in [3.05, 3.63) is 52.8 Å². The molecule has 1 aromatic heterocycles. The second-order valence-corrected chi connectivity index (χ2v) is 5.53. The quantitative estimate of drug-likeness (QED) is 0.932. The summed E-state index contributed by atoms with van der Waals surface area (Å²) in [5.74, 6) is -1.51. The van der Waals surface area contributed by atoms with Gasteiger partial charge in [0.15, 0.2) is 5.82 Å². The molecule has 1 saturated heterocycles. The van der Waals surface area contributed by atoms with Crippen molar-refractivity contribution in [1.29, 1.82) is 0 Å². The van der Waals surface area contributed by atoms with E-state index in [9.17, 15) is 14.0 Å². The van der Waals surface area contributed by atoms with Gasteiger partial charge in [-0.1, -0.05) is 0 Å². The Kier molecular flexibility index (Phi) is 4.10. The Balaban J connectivity index is 1.95. The maximum absolute atomic E-state index is 13.0. The van der Waals surface area contributed by atoms with Crippen LogP contribution in [0.3, 0.4) is 0 Å². The lowest BCUT2D eigenvalue weighted by Gasteiger charge is -2.31. The number of benzene rings is 1. The van der Waals surface area contributed by atoms with Crippen molar-refractivity contribution in [1.82, 2.24) is 9.55 Å². The first-order chi connectivity index (χ1) is 11.1. The van der Waals surface area contributed by atoms with Crippen LogP contribution >= 0.6 is 0 Å². The molecule has 0 bridgehead atoms. The van der Waals surface area contributed by atoms with Crippen molar-refractivity contribution in [2.24, 2.45) is 5.92 Å². The third kappa shape index (κ3) is 3.08. The average molecular weight is 317 g/mol. The van der Waals surface area contributed by atoms with E-state index in [0.717, 1.165) is 0 Å². The molecule has 7 heteroatoms. The van der Waals surface area contributed by atoms with Crippen LogP contribution in [-0.4, -0.2) is 33.7 Å². The van der Waals surface area contributed by atoms with Gasteiger partial charge in [0, 0.05) is 31.2 Å². The van der Waals surface area contributed by atoms with Gasteiger partial charge < -0.3 is 10.0 Å². The molecular weight excluding hydrogens is 301 g/mol. The Bertz CT molecular complexity index is 773. The Morgan fingerprint density at radius 2 is 2.04 bits per heavy atom. The summed E-state index contributed by atoms with van der Waals surface area (Å²) in [6, 6.07) is 5.58. The fraction of sp³-hybridized carbons (Fsp3) is 0.312. The molecule has 0 radical (unpaired) electrons. The van der Waals surface area contributed by atoms with Crippen molar-refractivity contribution in [3.63, 3.8) is 0 Å². The number of hydrogen-bond acceptors (Lipinski definition) is 4. The van der Waals surface area contributed by atoms with Crippen LogP contribution in [0.2, 0.25) is 0 Å². The lowest BCUT2D eigenvalue weighted by Crippen LogP contribution is -2.42. The maximum atomic E-state index is 13.0. The summed E-state index contributed by atoms with van der Waals surface area (Å²) in [5, 5.41) is 9.16. The number of anilines is 1. The van der Waals surface area contributed by atoms with Gasteiger partial charge in [0.1, 0.15) is 5.82 Å². The normalized spacial score (nSPS) is 18.0. The largest absolute Gasteiger partial charge is 0.481 e. The lowest BCUT2D eigenvalue weighted by atomic mass is 9.98. The summed E-state index contributed by atoms with van der Waals surface area (Å²) < 4.78 is 14.4. The van der Waals surface area contributed by atoms with Gasteiger partial charge >= 0.3 is 5.97 Å². The minimum atomic E-state index is -0.857. The van der Waals surface area contributed by atoms with Crippen LogP contribution in [-0.2, 0) is 4.79 Å². The summed E-state index contributed by atoms with van der Waals surface area (Å²) in [4.78, 5) is 29.7. The molecule has 1 N–H and O–H groups in total. The third-order valence-electron chi connectivity index (χ3n) is 4.00. The second-order valence-electron chi connectivity index (χ2n) is 5.53. The van der Waals surface area contributed by atoms with Crippen molar-refractivity contribution in [3.8, 4) is 5.69 Å². The number of aliphatic carboxylic acids is 1. The first kappa shape index (κ1) is 15.2. The van der Waals surface area contributed by atoms with Gasteiger partial charge in [-0.3, -0.25) is 14.2 Å². The zero-order valence-electron chi connectivity index (χ0n) is 12.4. The van der Waals surface area contributed by atoms with E-state index in [1.807, 2.05) is 0 Å². The maximum Gasteiger partial charge on any atom is 0.308 e. The van der Waals surface area contributed by atoms with Crippen molar-refractivity contribution in [2.45, 2.75) is 12.8 Å². The zero-order chi connectivity index (χ0) is 16.4. The molecule has 120 valence electrons. The minimum absolute atomic E-state index is 0.225. The number of carbonyl (C=O) groups is 1. The minimum Gasteiger partial charge on any atom is -0.481 e. The van der Waals surface area contributed by atoms with Gasteiger partial charge in [0.25, 0.3) is 5.56 Å². The number of halogens is 1. The van der Waals surface area contributed by atoms with Gasteiger partial charge in [-0.15, -0.1) is 0 Å². The number of hydrogen-bond donors (Lipinski definition) is 1. The fourth-order valence-corrected chi connectivity index (χ4v) is 2.79. The van der Waals surface area contributed by atoms with E-state index in [1.165, 1.54) is 41.2 Å². The Morgan fingerprint density at radius 3 is 2.74 bits per heavy atom. The molecule has 1 aliphatic heterocycles. The highest BCUT2D eigenvalue weighted by Gasteiger charge is 2.27. The Hall–Kier alpha value is -2.70. The molecule has 2 heterocycles. The SMILES string of the molecule is O=C(O)[C@H]1CCCN(c2nccn(-c3ccc(F)cc3)c2=O)C1. The average Bonchev–Trinajstić information content (AvgIpc) is 2.56. The van der Waals surface area contributed by atoms with E-state index >= 15 is 0 Å². The topological polar surface area (TPSA) is 75.4 Å². The van der Waals surface area contributed by atoms with E-state index in [1.54, 1.807) is 4.90 Å². The molecule has 0 amide bonds. The number of carboxylic acids is 1. The molecule has 0 unspecified atom stereocenters. The monoisotopic (exact) mass is 317 g/mol. The molecule has 2 aromatic rings. The first-order valence-electron chi connectivity index (χ1n) is 7.37. The number of rotatable bonds is 3.